The van der Waals surface area contributed by atoms with Gasteiger partial charge in [-0.2, -0.15) is 9.43 Å². The Labute approximate surface area is 135 Å². The van der Waals surface area contributed by atoms with Crippen LogP contribution < -0.4 is 5.46 Å². The van der Waals surface area contributed by atoms with Gasteiger partial charge in [0.05, 0.1) is 14.9 Å². The van der Waals surface area contributed by atoms with Crippen molar-refractivity contribution in [1.29, 1.82) is 0 Å². The van der Waals surface area contributed by atoms with Gasteiger partial charge in [0.25, 0.3) is 10.0 Å². The smallest absolute Gasteiger partial charge is 0.427 e. The Bertz CT molecular complexity index is 818. The maximum Gasteiger partial charge on any atom is 0.485 e. The van der Waals surface area contributed by atoms with Crippen LogP contribution in [0.1, 0.15) is 10.4 Å². The lowest BCUT2D eigenvalue weighted by Gasteiger charge is -2.24. The Morgan fingerprint density at radius 1 is 1.33 bits per heavy atom. The number of hydrogen-bond donors (Lipinski definition) is 1. The molecule has 0 amide bonds. The first-order valence-electron chi connectivity index (χ1n) is 6.02. The van der Waals surface area contributed by atoms with Gasteiger partial charge in [0.15, 0.2) is 0 Å². The van der Waals surface area contributed by atoms with Crippen molar-refractivity contribution in [3.63, 3.8) is 0 Å². The van der Waals surface area contributed by atoms with Crippen LogP contribution in [0.5, 0.6) is 0 Å². The van der Waals surface area contributed by atoms with Crippen molar-refractivity contribution in [2.24, 2.45) is 5.10 Å². The van der Waals surface area contributed by atoms with Crippen LogP contribution in [0.3, 0.4) is 0 Å². The predicted molar refractivity (Wildman–Crippen MR) is 87.4 cm³/mol. The van der Waals surface area contributed by atoms with Crippen molar-refractivity contribution in [3.8, 4) is 0 Å². The zero-order chi connectivity index (χ0) is 15.2. The van der Waals surface area contributed by atoms with E-state index in [1.807, 2.05) is 6.92 Å². The molecule has 1 N–H and O–H groups in total. The van der Waals surface area contributed by atoms with Crippen LogP contribution >= 0.6 is 27.3 Å². The number of thiophene rings is 1. The summed E-state index contributed by atoms with van der Waals surface area (Å²) < 4.78 is 26.7. The van der Waals surface area contributed by atoms with Crippen LogP contribution in [-0.4, -0.2) is 31.0 Å². The number of aryl methyl sites for hydroxylation is 1. The van der Waals surface area contributed by atoms with E-state index in [0.717, 1.165) is 18.6 Å². The molecule has 1 aliphatic heterocycles. The Kier molecular flexibility index (Phi) is 3.68. The number of benzene rings is 1. The minimum atomic E-state index is -3.89. The molecule has 0 radical (unpaired) electrons. The van der Waals surface area contributed by atoms with Gasteiger partial charge in [0.1, 0.15) is 0 Å². The molecule has 2 heterocycles. The third-order valence-corrected chi connectivity index (χ3v) is 6.35. The minimum absolute atomic E-state index is 0.0991. The van der Waals surface area contributed by atoms with E-state index in [9.17, 15) is 13.4 Å². The van der Waals surface area contributed by atoms with Gasteiger partial charge in [-0.15, -0.1) is 11.3 Å². The number of halogens is 1. The van der Waals surface area contributed by atoms with Gasteiger partial charge in [0, 0.05) is 4.88 Å². The van der Waals surface area contributed by atoms with Crippen molar-refractivity contribution in [3.05, 3.63) is 44.6 Å². The second kappa shape index (κ2) is 5.24. The first-order valence-corrected chi connectivity index (χ1v) is 9.07. The molecule has 21 heavy (non-hydrogen) atoms. The van der Waals surface area contributed by atoms with E-state index >= 15 is 0 Å². The number of hydrazone groups is 1. The lowest BCUT2D eigenvalue weighted by atomic mass is 9.75. The van der Waals surface area contributed by atoms with Crippen molar-refractivity contribution in [2.75, 3.05) is 0 Å². The number of rotatable bonds is 2. The normalized spacial score (nSPS) is 14.4. The summed E-state index contributed by atoms with van der Waals surface area (Å²) in [6.45, 7) is 1.87. The predicted octanol–water partition coefficient (Wildman–Crippen LogP) is 1.54. The fourth-order valence-electron chi connectivity index (χ4n) is 1.99. The standard InChI is InChI=1S/C12H10BBrN2O3S2/c1-8-2-4-9(5-3-8)21(18,19)16-13(17)10-6-12(14)20-11(10)7-15-16/h2-7,17H,1H3. The SMILES string of the molecule is Cc1ccc(S(=O)(=O)N2N=Cc3sc(Br)cc3B2O)cc1. The van der Waals surface area contributed by atoms with Crippen molar-refractivity contribution in [1.82, 2.24) is 4.33 Å². The monoisotopic (exact) mass is 384 g/mol. The van der Waals surface area contributed by atoms with Gasteiger partial charge in [-0.3, -0.25) is 0 Å². The van der Waals surface area contributed by atoms with Crippen LogP contribution in [-0.2, 0) is 10.0 Å². The van der Waals surface area contributed by atoms with Gasteiger partial charge in [-0.25, -0.2) is 8.42 Å². The second-order valence-corrected chi connectivity index (χ2v) is 8.84. The number of hydrogen-bond acceptors (Lipinski definition) is 5. The van der Waals surface area contributed by atoms with E-state index in [1.165, 1.54) is 29.7 Å². The molecule has 108 valence electrons. The molecule has 0 bridgehead atoms. The van der Waals surface area contributed by atoms with Gasteiger partial charge >= 0.3 is 7.05 Å². The van der Waals surface area contributed by atoms with E-state index in [0.29, 0.717) is 5.46 Å². The average Bonchev–Trinajstić information content (AvgIpc) is 2.81. The molecular weight excluding hydrogens is 375 g/mol. The first kappa shape index (κ1) is 14.8. The van der Waals surface area contributed by atoms with E-state index in [2.05, 4.69) is 21.0 Å². The zero-order valence-corrected chi connectivity index (χ0v) is 14.1. The molecule has 0 atom stereocenters. The molecule has 0 saturated heterocycles. The lowest BCUT2D eigenvalue weighted by molar-refractivity contribution is 0.476. The Morgan fingerprint density at radius 2 is 2.00 bits per heavy atom. The summed E-state index contributed by atoms with van der Waals surface area (Å²) in [5.74, 6) is 0. The molecule has 1 aromatic heterocycles. The molecule has 0 aliphatic carbocycles. The van der Waals surface area contributed by atoms with Gasteiger partial charge in [0.2, 0.25) is 0 Å². The molecule has 0 saturated carbocycles. The van der Waals surface area contributed by atoms with E-state index in [1.54, 1.807) is 18.2 Å². The molecule has 3 rings (SSSR count). The Balaban J connectivity index is 2.03. The second-order valence-electron chi connectivity index (χ2n) is 4.58. The lowest BCUT2D eigenvalue weighted by Crippen LogP contribution is -2.51. The van der Waals surface area contributed by atoms with Crippen LogP contribution in [0.4, 0.5) is 0 Å². The molecule has 5 nitrogen and oxygen atoms in total. The summed E-state index contributed by atoms with van der Waals surface area (Å²) in [7, 11) is -5.21. The van der Waals surface area contributed by atoms with Crippen LogP contribution in [0.2, 0.25) is 0 Å². The van der Waals surface area contributed by atoms with E-state index in [-0.39, 0.29) is 4.90 Å². The molecule has 0 unspecified atom stereocenters. The van der Waals surface area contributed by atoms with Gasteiger partial charge in [-0.1, -0.05) is 17.7 Å². The molecule has 1 aromatic carbocycles. The van der Waals surface area contributed by atoms with Crippen molar-refractivity contribution < 1.29 is 13.4 Å². The molecule has 1 aliphatic rings. The minimum Gasteiger partial charge on any atom is -0.427 e. The highest BCUT2D eigenvalue weighted by Crippen LogP contribution is 2.25. The number of sulfonamides is 1. The summed E-state index contributed by atoms with van der Waals surface area (Å²) in [5.41, 5.74) is 1.48. The fourth-order valence-corrected chi connectivity index (χ4v) is 4.78. The number of fused-ring (bicyclic) bond motifs is 1. The summed E-state index contributed by atoms with van der Waals surface area (Å²) in [6.07, 6.45) is 1.45. The summed E-state index contributed by atoms with van der Waals surface area (Å²) in [6, 6.07) is 8.13. The molecule has 2 aromatic rings. The largest absolute Gasteiger partial charge is 0.485 e. The summed E-state index contributed by atoms with van der Waals surface area (Å²) in [5, 5.41) is 14.2. The zero-order valence-electron chi connectivity index (χ0n) is 10.9. The molecule has 0 fully saturated rings. The number of nitrogens with zero attached hydrogens (tertiary/aromatic N) is 2. The quantitative estimate of drug-likeness (QED) is 0.798. The van der Waals surface area contributed by atoms with Gasteiger partial charge < -0.3 is 5.02 Å². The fraction of sp³-hybridized carbons (Fsp3) is 0.0833. The molecular formula is C12H10BBrN2O3S2. The summed E-state index contributed by atoms with van der Waals surface area (Å²) >= 11 is 4.71. The van der Waals surface area contributed by atoms with Crippen LogP contribution in [0.25, 0.3) is 0 Å². The third-order valence-electron chi connectivity index (χ3n) is 3.10. The van der Waals surface area contributed by atoms with E-state index in [4.69, 9.17) is 0 Å². The Morgan fingerprint density at radius 3 is 2.67 bits per heavy atom. The maximum absolute atomic E-state index is 12.6. The first-order chi connectivity index (χ1) is 9.89. The summed E-state index contributed by atoms with van der Waals surface area (Å²) in [4.78, 5) is 0.840. The topological polar surface area (TPSA) is 70.0 Å². The highest BCUT2D eigenvalue weighted by molar-refractivity contribution is 9.11. The highest BCUT2D eigenvalue weighted by Gasteiger charge is 2.39. The molecule has 0 spiro atoms. The van der Waals surface area contributed by atoms with E-state index < -0.39 is 17.1 Å². The van der Waals surface area contributed by atoms with Crippen LogP contribution in [0.15, 0.2) is 44.1 Å². The van der Waals surface area contributed by atoms with Gasteiger partial charge in [-0.05, 0) is 46.5 Å². The average molecular weight is 385 g/mol. The molecule has 9 heteroatoms. The van der Waals surface area contributed by atoms with Crippen molar-refractivity contribution in [2.45, 2.75) is 11.8 Å². The van der Waals surface area contributed by atoms with Crippen molar-refractivity contribution >= 4 is 56.0 Å². The highest BCUT2D eigenvalue weighted by atomic mass is 79.9. The Hall–Kier alpha value is -1.16. The third kappa shape index (κ3) is 2.54. The van der Waals surface area contributed by atoms with Crippen LogP contribution in [0, 0.1) is 6.92 Å². The maximum atomic E-state index is 12.6.